The number of halogens is 1. The number of rotatable bonds is 5. The van der Waals surface area contributed by atoms with Gasteiger partial charge in [0, 0.05) is 11.1 Å². The topological polar surface area (TPSA) is 29.3 Å². The monoisotopic (exact) mass is 280 g/mol. The molecule has 2 unspecified atom stereocenters. The molecule has 1 aromatic carbocycles. The first-order valence-electron chi connectivity index (χ1n) is 7.34. The SMILES string of the molecule is CCCC(N1CCCC1)C(C)(N)c1ccc(Cl)cc1. The second kappa shape index (κ2) is 6.25. The molecule has 1 aromatic rings. The van der Waals surface area contributed by atoms with Crippen molar-refractivity contribution in [3.63, 3.8) is 0 Å². The minimum atomic E-state index is -0.315. The van der Waals surface area contributed by atoms with E-state index >= 15 is 0 Å². The van der Waals surface area contributed by atoms with Crippen molar-refractivity contribution >= 4 is 11.6 Å². The van der Waals surface area contributed by atoms with Gasteiger partial charge in [0.15, 0.2) is 0 Å². The van der Waals surface area contributed by atoms with Gasteiger partial charge < -0.3 is 5.73 Å². The normalized spacial score (nSPS) is 21.3. The Balaban J connectivity index is 2.24. The molecule has 0 radical (unpaired) electrons. The standard InChI is InChI=1S/C16H25ClN2/c1-3-6-15(19-11-4-5-12-19)16(2,18)13-7-9-14(17)10-8-13/h7-10,15H,3-6,11-12,18H2,1-2H3. The summed E-state index contributed by atoms with van der Waals surface area (Å²) in [5.74, 6) is 0. The van der Waals surface area contributed by atoms with Crippen molar-refractivity contribution in [3.8, 4) is 0 Å². The Hall–Kier alpha value is -0.570. The molecule has 2 N–H and O–H groups in total. The molecular weight excluding hydrogens is 256 g/mol. The van der Waals surface area contributed by atoms with Gasteiger partial charge in [0.25, 0.3) is 0 Å². The van der Waals surface area contributed by atoms with E-state index in [0.717, 1.165) is 11.4 Å². The zero-order valence-electron chi connectivity index (χ0n) is 12.0. The van der Waals surface area contributed by atoms with E-state index in [0.29, 0.717) is 6.04 Å². The van der Waals surface area contributed by atoms with Crippen molar-refractivity contribution < 1.29 is 0 Å². The summed E-state index contributed by atoms with van der Waals surface area (Å²) in [4.78, 5) is 2.57. The first-order valence-corrected chi connectivity index (χ1v) is 7.72. The van der Waals surface area contributed by atoms with E-state index in [4.69, 9.17) is 17.3 Å². The van der Waals surface area contributed by atoms with Gasteiger partial charge in [0.2, 0.25) is 0 Å². The maximum atomic E-state index is 6.71. The Morgan fingerprint density at radius 1 is 1.26 bits per heavy atom. The van der Waals surface area contributed by atoms with Crippen LogP contribution in [-0.4, -0.2) is 24.0 Å². The van der Waals surface area contributed by atoms with Gasteiger partial charge in [-0.05, 0) is 57.0 Å². The molecule has 0 aromatic heterocycles. The lowest BCUT2D eigenvalue weighted by Crippen LogP contribution is -2.53. The molecule has 3 heteroatoms. The zero-order valence-corrected chi connectivity index (χ0v) is 12.8. The molecule has 19 heavy (non-hydrogen) atoms. The molecule has 0 amide bonds. The first-order chi connectivity index (χ1) is 9.05. The molecule has 1 fully saturated rings. The highest BCUT2D eigenvalue weighted by Crippen LogP contribution is 2.31. The highest BCUT2D eigenvalue weighted by molar-refractivity contribution is 6.30. The van der Waals surface area contributed by atoms with Crippen molar-refractivity contribution in [1.29, 1.82) is 0 Å². The smallest absolute Gasteiger partial charge is 0.0538 e. The third-order valence-electron chi connectivity index (χ3n) is 4.30. The summed E-state index contributed by atoms with van der Waals surface area (Å²) in [6.45, 7) is 6.77. The van der Waals surface area contributed by atoms with Gasteiger partial charge >= 0.3 is 0 Å². The van der Waals surface area contributed by atoms with E-state index < -0.39 is 0 Å². The summed E-state index contributed by atoms with van der Waals surface area (Å²) in [5.41, 5.74) is 7.58. The van der Waals surface area contributed by atoms with Crippen LogP contribution in [0.2, 0.25) is 5.02 Å². The van der Waals surface area contributed by atoms with E-state index in [2.05, 4.69) is 30.9 Å². The van der Waals surface area contributed by atoms with Gasteiger partial charge in [0.05, 0.1) is 5.54 Å². The van der Waals surface area contributed by atoms with Crippen LogP contribution in [0.5, 0.6) is 0 Å². The van der Waals surface area contributed by atoms with Crippen LogP contribution in [-0.2, 0) is 5.54 Å². The number of hydrogen-bond acceptors (Lipinski definition) is 2. The Morgan fingerprint density at radius 3 is 2.37 bits per heavy atom. The fraction of sp³-hybridized carbons (Fsp3) is 0.625. The molecule has 0 spiro atoms. The van der Waals surface area contributed by atoms with E-state index in [1.807, 2.05) is 12.1 Å². The van der Waals surface area contributed by atoms with E-state index in [1.165, 1.54) is 37.9 Å². The average molecular weight is 281 g/mol. The second-order valence-corrected chi connectivity index (χ2v) is 6.27. The van der Waals surface area contributed by atoms with Gasteiger partial charge in [-0.25, -0.2) is 0 Å². The lowest BCUT2D eigenvalue weighted by molar-refractivity contribution is 0.145. The van der Waals surface area contributed by atoms with Crippen LogP contribution in [0.25, 0.3) is 0 Å². The number of likely N-dealkylation sites (tertiary alicyclic amines) is 1. The van der Waals surface area contributed by atoms with Crippen LogP contribution in [0.15, 0.2) is 24.3 Å². The largest absolute Gasteiger partial charge is 0.320 e. The first kappa shape index (κ1) is 14.8. The summed E-state index contributed by atoms with van der Waals surface area (Å²) in [7, 11) is 0. The highest BCUT2D eigenvalue weighted by Gasteiger charge is 2.36. The van der Waals surface area contributed by atoms with Crippen LogP contribution in [0.1, 0.15) is 45.1 Å². The highest BCUT2D eigenvalue weighted by atomic mass is 35.5. The van der Waals surface area contributed by atoms with Gasteiger partial charge in [-0.2, -0.15) is 0 Å². The Kier molecular flexibility index (Phi) is 4.88. The summed E-state index contributed by atoms with van der Waals surface area (Å²) < 4.78 is 0. The fourth-order valence-corrected chi connectivity index (χ4v) is 3.32. The maximum absolute atomic E-state index is 6.71. The Labute approximate surface area is 121 Å². The quantitative estimate of drug-likeness (QED) is 0.889. The fourth-order valence-electron chi connectivity index (χ4n) is 3.19. The molecule has 0 aliphatic carbocycles. The predicted molar refractivity (Wildman–Crippen MR) is 82.5 cm³/mol. The molecule has 106 valence electrons. The molecular formula is C16H25ClN2. The van der Waals surface area contributed by atoms with Gasteiger partial charge in [-0.1, -0.05) is 37.1 Å². The molecule has 0 bridgehead atoms. The van der Waals surface area contributed by atoms with Gasteiger partial charge in [0.1, 0.15) is 0 Å². The van der Waals surface area contributed by atoms with Crippen molar-refractivity contribution in [3.05, 3.63) is 34.9 Å². The summed E-state index contributed by atoms with van der Waals surface area (Å²) >= 11 is 5.98. The number of nitrogens with two attached hydrogens (primary N) is 1. The van der Waals surface area contributed by atoms with E-state index in [9.17, 15) is 0 Å². The number of nitrogens with zero attached hydrogens (tertiary/aromatic N) is 1. The average Bonchev–Trinajstić information content (AvgIpc) is 2.89. The molecule has 2 nitrogen and oxygen atoms in total. The van der Waals surface area contributed by atoms with Crippen LogP contribution in [0.4, 0.5) is 0 Å². The van der Waals surface area contributed by atoms with Crippen molar-refractivity contribution in [2.24, 2.45) is 5.73 Å². The third-order valence-corrected chi connectivity index (χ3v) is 4.55. The van der Waals surface area contributed by atoms with Crippen LogP contribution < -0.4 is 5.73 Å². The minimum absolute atomic E-state index is 0.315. The van der Waals surface area contributed by atoms with Gasteiger partial charge in [-0.15, -0.1) is 0 Å². The summed E-state index contributed by atoms with van der Waals surface area (Å²) in [6.07, 6.45) is 4.92. The van der Waals surface area contributed by atoms with Gasteiger partial charge in [-0.3, -0.25) is 4.90 Å². The second-order valence-electron chi connectivity index (χ2n) is 5.84. The zero-order chi connectivity index (χ0) is 13.9. The molecule has 1 aliphatic heterocycles. The Bertz CT molecular complexity index is 394. The van der Waals surface area contributed by atoms with E-state index in [1.54, 1.807) is 0 Å². The lowest BCUT2D eigenvalue weighted by Gasteiger charge is -2.40. The van der Waals surface area contributed by atoms with Crippen molar-refractivity contribution in [2.45, 2.75) is 51.1 Å². The molecule has 2 rings (SSSR count). The van der Waals surface area contributed by atoms with Crippen molar-refractivity contribution in [1.82, 2.24) is 4.90 Å². The predicted octanol–water partition coefficient (Wildman–Crippen LogP) is 3.78. The van der Waals surface area contributed by atoms with Crippen LogP contribution in [0, 0.1) is 0 Å². The Morgan fingerprint density at radius 2 is 1.84 bits per heavy atom. The van der Waals surface area contributed by atoms with E-state index in [-0.39, 0.29) is 5.54 Å². The maximum Gasteiger partial charge on any atom is 0.0538 e. The number of hydrogen-bond donors (Lipinski definition) is 1. The van der Waals surface area contributed by atoms with Crippen molar-refractivity contribution in [2.75, 3.05) is 13.1 Å². The lowest BCUT2D eigenvalue weighted by atomic mass is 9.82. The molecule has 2 atom stereocenters. The minimum Gasteiger partial charge on any atom is -0.320 e. The van der Waals surface area contributed by atoms with Crippen LogP contribution in [0.3, 0.4) is 0 Å². The summed E-state index contributed by atoms with van der Waals surface area (Å²) in [5, 5.41) is 0.771. The third kappa shape index (κ3) is 3.31. The molecule has 1 saturated heterocycles. The molecule has 1 heterocycles. The molecule has 0 saturated carbocycles. The summed E-state index contributed by atoms with van der Waals surface area (Å²) in [6, 6.07) is 8.44. The molecule has 1 aliphatic rings. The number of benzene rings is 1. The van der Waals surface area contributed by atoms with Crippen LogP contribution >= 0.6 is 11.6 Å².